The predicted octanol–water partition coefficient (Wildman–Crippen LogP) is 4.45. The van der Waals surface area contributed by atoms with Crippen LogP contribution < -0.4 is 5.56 Å². The maximum Gasteiger partial charge on any atom is 0.263 e. The van der Waals surface area contributed by atoms with Gasteiger partial charge in [-0.25, -0.2) is 4.98 Å². The number of terminal acetylenes is 1. The smallest absolute Gasteiger partial charge is 0.263 e. The van der Waals surface area contributed by atoms with E-state index in [1.807, 2.05) is 32.0 Å². The lowest BCUT2D eigenvalue weighted by Gasteiger charge is -2.12. The average molecular weight is 358 g/mol. The maximum absolute atomic E-state index is 13.1. The van der Waals surface area contributed by atoms with E-state index in [4.69, 9.17) is 11.4 Å². The Bertz CT molecular complexity index is 1240. The third-order valence-corrected chi connectivity index (χ3v) is 5.95. The summed E-state index contributed by atoms with van der Waals surface area (Å²) >= 11 is 1.57. The molecule has 0 amide bonds. The third kappa shape index (κ3) is 2.61. The standard InChI is InChI=1S/C22H18N2OS/c1-4-12-24-19(23-21-20(22(24)25)14(2)15(3)26-21)13-17-10-7-9-16-8-5-6-11-18(16)17/h1,5-11H,12-13H2,2-3H3. The molecule has 0 saturated heterocycles. The number of aromatic nitrogens is 2. The molecule has 0 aliphatic carbocycles. The fourth-order valence-electron chi connectivity index (χ4n) is 3.38. The van der Waals surface area contributed by atoms with E-state index in [-0.39, 0.29) is 12.1 Å². The number of fused-ring (bicyclic) bond motifs is 2. The van der Waals surface area contributed by atoms with Gasteiger partial charge in [0.05, 0.1) is 11.9 Å². The van der Waals surface area contributed by atoms with Crippen molar-refractivity contribution in [2.24, 2.45) is 0 Å². The summed E-state index contributed by atoms with van der Waals surface area (Å²) in [6.07, 6.45) is 6.11. The van der Waals surface area contributed by atoms with Gasteiger partial charge in [0.25, 0.3) is 5.56 Å². The van der Waals surface area contributed by atoms with E-state index in [0.29, 0.717) is 11.8 Å². The lowest BCUT2D eigenvalue weighted by Crippen LogP contribution is -2.25. The molecule has 0 spiro atoms. The molecule has 0 atom stereocenters. The van der Waals surface area contributed by atoms with Crippen molar-refractivity contribution < 1.29 is 0 Å². The number of thiophene rings is 1. The summed E-state index contributed by atoms with van der Waals surface area (Å²) in [6, 6.07) is 14.5. The molecule has 2 aromatic carbocycles. The minimum absolute atomic E-state index is 0.0370. The van der Waals surface area contributed by atoms with Gasteiger partial charge in [0.15, 0.2) is 0 Å². The van der Waals surface area contributed by atoms with Gasteiger partial charge in [-0.3, -0.25) is 9.36 Å². The van der Waals surface area contributed by atoms with Crippen molar-refractivity contribution in [3.63, 3.8) is 0 Å². The van der Waals surface area contributed by atoms with E-state index in [1.54, 1.807) is 15.9 Å². The van der Waals surface area contributed by atoms with Gasteiger partial charge in [0, 0.05) is 11.3 Å². The molecule has 0 N–H and O–H groups in total. The zero-order valence-corrected chi connectivity index (χ0v) is 15.6. The maximum atomic E-state index is 13.1. The summed E-state index contributed by atoms with van der Waals surface area (Å²) in [5.41, 5.74) is 2.11. The molecule has 4 heteroatoms. The fraction of sp³-hybridized carbons (Fsp3) is 0.182. The van der Waals surface area contributed by atoms with Crippen molar-refractivity contribution in [3.05, 3.63) is 74.6 Å². The van der Waals surface area contributed by atoms with Crippen molar-refractivity contribution in [2.75, 3.05) is 0 Å². The Hall–Kier alpha value is -2.90. The van der Waals surface area contributed by atoms with Crippen molar-refractivity contribution in [3.8, 4) is 12.3 Å². The molecule has 0 aliphatic heterocycles. The Balaban J connectivity index is 1.94. The van der Waals surface area contributed by atoms with E-state index < -0.39 is 0 Å². The van der Waals surface area contributed by atoms with Crippen LogP contribution in [-0.4, -0.2) is 9.55 Å². The van der Waals surface area contributed by atoms with Gasteiger partial charge in [0.1, 0.15) is 10.7 Å². The second-order valence-corrected chi connectivity index (χ2v) is 7.61. The predicted molar refractivity (Wildman–Crippen MR) is 109 cm³/mol. The Morgan fingerprint density at radius 2 is 1.92 bits per heavy atom. The first-order chi connectivity index (χ1) is 12.6. The molecular formula is C22H18N2OS. The van der Waals surface area contributed by atoms with Crippen LogP contribution in [-0.2, 0) is 13.0 Å². The normalized spacial score (nSPS) is 11.1. The Kier molecular flexibility index (Phi) is 4.10. The van der Waals surface area contributed by atoms with E-state index in [1.165, 1.54) is 10.8 Å². The van der Waals surface area contributed by atoms with Gasteiger partial charge in [0.2, 0.25) is 0 Å². The van der Waals surface area contributed by atoms with Crippen LogP contribution >= 0.6 is 11.3 Å². The molecule has 0 unspecified atom stereocenters. The molecule has 2 aromatic heterocycles. The van der Waals surface area contributed by atoms with Crippen molar-refractivity contribution in [2.45, 2.75) is 26.8 Å². The quantitative estimate of drug-likeness (QED) is 0.507. The van der Waals surface area contributed by atoms with Gasteiger partial charge in [-0.15, -0.1) is 17.8 Å². The molecule has 0 aliphatic rings. The first-order valence-electron chi connectivity index (χ1n) is 8.49. The lowest BCUT2D eigenvalue weighted by molar-refractivity contribution is 0.721. The topological polar surface area (TPSA) is 34.9 Å². The Morgan fingerprint density at radius 1 is 1.15 bits per heavy atom. The number of benzene rings is 2. The SMILES string of the molecule is C#CCn1c(Cc2cccc3ccccc23)nc2sc(C)c(C)c2c1=O. The van der Waals surface area contributed by atoms with Crippen LogP contribution in [0.2, 0.25) is 0 Å². The van der Waals surface area contributed by atoms with Crippen LogP contribution in [0.25, 0.3) is 21.0 Å². The second-order valence-electron chi connectivity index (χ2n) is 6.40. The molecule has 0 radical (unpaired) electrons. The Labute approximate surface area is 155 Å². The van der Waals surface area contributed by atoms with Crippen LogP contribution in [0, 0.1) is 26.2 Å². The molecule has 4 rings (SSSR count). The largest absolute Gasteiger partial charge is 0.284 e. The molecule has 128 valence electrons. The van der Waals surface area contributed by atoms with Crippen LogP contribution in [0.15, 0.2) is 47.3 Å². The highest BCUT2D eigenvalue weighted by atomic mass is 32.1. The second kappa shape index (κ2) is 6.44. The number of aryl methyl sites for hydroxylation is 2. The van der Waals surface area contributed by atoms with Gasteiger partial charge in [-0.1, -0.05) is 48.4 Å². The minimum Gasteiger partial charge on any atom is -0.284 e. The first kappa shape index (κ1) is 16.6. The van der Waals surface area contributed by atoms with Crippen LogP contribution in [0.5, 0.6) is 0 Å². The highest BCUT2D eigenvalue weighted by Gasteiger charge is 2.16. The van der Waals surface area contributed by atoms with E-state index >= 15 is 0 Å². The van der Waals surface area contributed by atoms with Gasteiger partial charge >= 0.3 is 0 Å². The minimum atomic E-state index is -0.0370. The summed E-state index contributed by atoms with van der Waals surface area (Å²) in [4.78, 5) is 19.8. The van der Waals surface area contributed by atoms with Crippen molar-refractivity contribution >= 4 is 32.3 Å². The molecule has 0 saturated carbocycles. The molecule has 0 fully saturated rings. The average Bonchev–Trinajstić information content (AvgIpc) is 2.93. The monoisotopic (exact) mass is 358 g/mol. The molecule has 3 nitrogen and oxygen atoms in total. The van der Waals surface area contributed by atoms with Crippen LogP contribution in [0.1, 0.15) is 21.8 Å². The molecule has 2 heterocycles. The van der Waals surface area contributed by atoms with E-state index in [2.05, 4.69) is 30.2 Å². The van der Waals surface area contributed by atoms with Gasteiger partial charge in [-0.05, 0) is 35.7 Å². The van der Waals surface area contributed by atoms with E-state index in [9.17, 15) is 4.79 Å². The number of hydrogen-bond acceptors (Lipinski definition) is 3. The summed E-state index contributed by atoms with van der Waals surface area (Å²) in [5.74, 6) is 3.33. The number of hydrogen-bond donors (Lipinski definition) is 0. The van der Waals surface area contributed by atoms with Crippen LogP contribution in [0.4, 0.5) is 0 Å². The first-order valence-corrected chi connectivity index (χ1v) is 9.31. The number of rotatable bonds is 3. The lowest BCUT2D eigenvalue weighted by atomic mass is 10.0. The molecule has 4 aromatic rings. The summed E-state index contributed by atoms with van der Waals surface area (Å²) in [7, 11) is 0. The van der Waals surface area contributed by atoms with Gasteiger partial charge in [-0.2, -0.15) is 0 Å². The van der Waals surface area contributed by atoms with Crippen LogP contribution in [0.3, 0.4) is 0 Å². The van der Waals surface area contributed by atoms with E-state index in [0.717, 1.165) is 26.7 Å². The summed E-state index contributed by atoms with van der Waals surface area (Å²) in [6.45, 7) is 4.23. The molecule has 0 bridgehead atoms. The highest BCUT2D eigenvalue weighted by Crippen LogP contribution is 2.27. The summed E-state index contributed by atoms with van der Waals surface area (Å²) in [5, 5.41) is 3.05. The Morgan fingerprint density at radius 3 is 2.73 bits per heavy atom. The van der Waals surface area contributed by atoms with Gasteiger partial charge < -0.3 is 0 Å². The zero-order chi connectivity index (χ0) is 18.3. The highest BCUT2D eigenvalue weighted by molar-refractivity contribution is 7.18. The number of nitrogens with zero attached hydrogens (tertiary/aromatic N) is 2. The summed E-state index contributed by atoms with van der Waals surface area (Å²) < 4.78 is 1.64. The van der Waals surface area contributed by atoms with Crippen molar-refractivity contribution in [1.29, 1.82) is 0 Å². The molecular weight excluding hydrogens is 340 g/mol. The fourth-order valence-corrected chi connectivity index (χ4v) is 4.41. The zero-order valence-electron chi connectivity index (χ0n) is 14.7. The van der Waals surface area contributed by atoms with Crippen molar-refractivity contribution in [1.82, 2.24) is 9.55 Å². The molecule has 26 heavy (non-hydrogen) atoms. The third-order valence-electron chi connectivity index (χ3n) is 4.85.